The van der Waals surface area contributed by atoms with Crippen LogP contribution >= 0.6 is 0 Å². The van der Waals surface area contributed by atoms with E-state index in [0.29, 0.717) is 6.47 Å². The molecule has 1 unspecified atom stereocenters. The summed E-state index contributed by atoms with van der Waals surface area (Å²) in [5.41, 5.74) is -0.0102. The van der Waals surface area contributed by atoms with Crippen LogP contribution in [0.25, 0.3) is 0 Å². The highest BCUT2D eigenvalue weighted by Gasteiger charge is 2.15. The van der Waals surface area contributed by atoms with Gasteiger partial charge < -0.3 is 4.74 Å². The second kappa shape index (κ2) is 4.34. The minimum atomic E-state index is -0.160. The lowest BCUT2D eigenvalue weighted by Gasteiger charge is -2.26. The van der Waals surface area contributed by atoms with Crippen LogP contribution in [0.2, 0.25) is 0 Å². The summed E-state index contributed by atoms with van der Waals surface area (Å²) in [6.45, 7) is 8.54. The lowest BCUT2D eigenvalue weighted by Crippen LogP contribution is -2.44. The molecule has 1 atom stereocenters. The SMILES string of the molecule is CCC(NC(C)(C)C)OC=O. The summed E-state index contributed by atoms with van der Waals surface area (Å²) in [5.74, 6) is 0. The first kappa shape index (κ1) is 10.4. The fourth-order valence-electron chi connectivity index (χ4n) is 0.782. The Morgan fingerprint density at radius 1 is 1.55 bits per heavy atom. The maximum Gasteiger partial charge on any atom is 0.294 e. The van der Waals surface area contributed by atoms with Crippen molar-refractivity contribution in [2.45, 2.75) is 45.9 Å². The number of hydrogen-bond donors (Lipinski definition) is 1. The van der Waals surface area contributed by atoms with E-state index < -0.39 is 0 Å². The molecule has 0 aliphatic heterocycles. The maximum absolute atomic E-state index is 10.00. The molecule has 0 aromatic heterocycles. The van der Waals surface area contributed by atoms with Gasteiger partial charge in [0.15, 0.2) is 6.23 Å². The van der Waals surface area contributed by atoms with E-state index in [0.717, 1.165) is 6.42 Å². The first-order valence-electron chi connectivity index (χ1n) is 3.86. The monoisotopic (exact) mass is 159 g/mol. The molecule has 0 aromatic rings. The van der Waals surface area contributed by atoms with Crippen LogP contribution in [0.3, 0.4) is 0 Å². The fourth-order valence-corrected chi connectivity index (χ4v) is 0.782. The predicted molar refractivity (Wildman–Crippen MR) is 44.1 cm³/mol. The van der Waals surface area contributed by atoms with Crippen LogP contribution in [0.5, 0.6) is 0 Å². The Morgan fingerprint density at radius 3 is 2.36 bits per heavy atom. The first-order chi connectivity index (χ1) is 4.99. The quantitative estimate of drug-likeness (QED) is 0.496. The third kappa shape index (κ3) is 5.85. The molecule has 66 valence electrons. The normalized spacial score (nSPS) is 14.2. The Bertz CT molecular complexity index is 118. The summed E-state index contributed by atoms with van der Waals surface area (Å²) in [6.07, 6.45) is 0.628. The van der Waals surface area contributed by atoms with E-state index in [4.69, 9.17) is 4.74 Å². The van der Waals surface area contributed by atoms with Crippen LogP contribution in [-0.4, -0.2) is 18.2 Å². The molecule has 3 heteroatoms. The van der Waals surface area contributed by atoms with E-state index in [1.807, 2.05) is 27.7 Å². The molecule has 3 nitrogen and oxygen atoms in total. The number of rotatable bonds is 4. The fraction of sp³-hybridized carbons (Fsp3) is 0.875. The molecule has 0 heterocycles. The van der Waals surface area contributed by atoms with Gasteiger partial charge in [-0.3, -0.25) is 10.1 Å². The van der Waals surface area contributed by atoms with Gasteiger partial charge in [0.25, 0.3) is 6.47 Å². The van der Waals surface area contributed by atoms with Crippen molar-refractivity contribution >= 4 is 6.47 Å². The van der Waals surface area contributed by atoms with E-state index >= 15 is 0 Å². The molecular formula is C8H17NO2. The summed E-state index contributed by atoms with van der Waals surface area (Å²) in [6, 6.07) is 0. The summed E-state index contributed by atoms with van der Waals surface area (Å²) in [5, 5.41) is 3.15. The summed E-state index contributed by atoms with van der Waals surface area (Å²) in [4.78, 5) is 10.00. The lowest BCUT2D eigenvalue weighted by atomic mass is 10.1. The minimum Gasteiger partial charge on any atom is -0.449 e. The maximum atomic E-state index is 10.00. The number of hydrogen-bond acceptors (Lipinski definition) is 3. The van der Waals surface area contributed by atoms with Crippen LogP contribution in [0.1, 0.15) is 34.1 Å². The smallest absolute Gasteiger partial charge is 0.294 e. The van der Waals surface area contributed by atoms with Crippen LogP contribution in [0, 0.1) is 0 Å². The zero-order chi connectivity index (χ0) is 8.91. The van der Waals surface area contributed by atoms with Crippen molar-refractivity contribution in [1.82, 2.24) is 5.32 Å². The molecule has 1 N–H and O–H groups in total. The Hall–Kier alpha value is -0.570. The molecule has 11 heavy (non-hydrogen) atoms. The standard InChI is InChI=1S/C8H17NO2/c1-5-7(11-6-10)9-8(2,3)4/h6-7,9H,5H2,1-4H3. The van der Waals surface area contributed by atoms with Crippen LogP contribution in [0.15, 0.2) is 0 Å². The molecule has 0 bridgehead atoms. The zero-order valence-electron chi connectivity index (χ0n) is 7.68. The van der Waals surface area contributed by atoms with Gasteiger partial charge in [-0.15, -0.1) is 0 Å². The van der Waals surface area contributed by atoms with Gasteiger partial charge >= 0.3 is 0 Å². The van der Waals surface area contributed by atoms with E-state index in [9.17, 15) is 4.79 Å². The lowest BCUT2D eigenvalue weighted by molar-refractivity contribution is -0.136. The van der Waals surface area contributed by atoms with Gasteiger partial charge in [0, 0.05) is 5.54 Å². The molecule has 0 aliphatic rings. The zero-order valence-corrected chi connectivity index (χ0v) is 7.68. The molecule has 0 fully saturated rings. The van der Waals surface area contributed by atoms with Crippen molar-refractivity contribution in [2.24, 2.45) is 0 Å². The van der Waals surface area contributed by atoms with Gasteiger partial charge in [0.05, 0.1) is 0 Å². The molecule has 0 aromatic carbocycles. The minimum absolute atomic E-state index is 0.0102. The topological polar surface area (TPSA) is 38.3 Å². The van der Waals surface area contributed by atoms with Crippen molar-refractivity contribution in [3.8, 4) is 0 Å². The largest absolute Gasteiger partial charge is 0.449 e. The average molecular weight is 159 g/mol. The summed E-state index contributed by atoms with van der Waals surface area (Å²) >= 11 is 0. The van der Waals surface area contributed by atoms with Crippen molar-refractivity contribution in [2.75, 3.05) is 0 Å². The highest BCUT2D eigenvalue weighted by molar-refractivity contribution is 5.37. The molecule has 0 saturated carbocycles. The number of ether oxygens (including phenoxy) is 1. The third-order valence-corrected chi connectivity index (χ3v) is 1.18. The third-order valence-electron chi connectivity index (χ3n) is 1.18. The molecule has 0 aliphatic carbocycles. The molecule has 0 spiro atoms. The van der Waals surface area contributed by atoms with E-state index in [-0.39, 0.29) is 11.8 Å². The van der Waals surface area contributed by atoms with Crippen molar-refractivity contribution in [3.63, 3.8) is 0 Å². The van der Waals surface area contributed by atoms with Crippen LogP contribution < -0.4 is 5.32 Å². The number of carbonyl (C=O) groups excluding carboxylic acids is 1. The van der Waals surface area contributed by atoms with Gasteiger partial charge in [0.1, 0.15) is 0 Å². The van der Waals surface area contributed by atoms with Crippen molar-refractivity contribution < 1.29 is 9.53 Å². The van der Waals surface area contributed by atoms with Gasteiger partial charge in [0.2, 0.25) is 0 Å². The Balaban J connectivity index is 3.77. The molecular weight excluding hydrogens is 142 g/mol. The predicted octanol–water partition coefficient (Wildman–Crippen LogP) is 1.28. The second-order valence-corrected chi connectivity index (χ2v) is 3.52. The van der Waals surface area contributed by atoms with E-state index in [1.165, 1.54) is 0 Å². The Labute approximate surface area is 68.1 Å². The number of carbonyl (C=O) groups is 1. The van der Waals surface area contributed by atoms with Crippen molar-refractivity contribution in [1.29, 1.82) is 0 Å². The highest BCUT2D eigenvalue weighted by Crippen LogP contribution is 2.03. The van der Waals surface area contributed by atoms with Gasteiger partial charge in [-0.05, 0) is 27.2 Å². The van der Waals surface area contributed by atoms with Crippen LogP contribution in [-0.2, 0) is 9.53 Å². The second-order valence-electron chi connectivity index (χ2n) is 3.52. The molecule has 0 rings (SSSR count). The van der Waals surface area contributed by atoms with Crippen molar-refractivity contribution in [3.05, 3.63) is 0 Å². The van der Waals surface area contributed by atoms with Gasteiger partial charge in [-0.2, -0.15) is 0 Å². The van der Waals surface area contributed by atoms with Gasteiger partial charge in [-0.25, -0.2) is 0 Å². The Kier molecular flexibility index (Phi) is 4.11. The first-order valence-corrected chi connectivity index (χ1v) is 3.86. The molecule has 0 saturated heterocycles. The average Bonchev–Trinajstić information content (AvgIpc) is 1.84. The number of nitrogens with one attached hydrogen (secondary N) is 1. The summed E-state index contributed by atoms with van der Waals surface area (Å²) < 4.78 is 4.78. The summed E-state index contributed by atoms with van der Waals surface area (Å²) in [7, 11) is 0. The Morgan fingerprint density at radius 2 is 2.09 bits per heavy atom. The molecule has 0 radical (unpaired) electrons. The van der Waals surface area contributed by atoms with Crippen LogP contribution in [0.4, 0.5) is 0 Å². The van der Waals surface area contributed by atoms with E-state index in [2.05, 4.69) is 5.32 Å². The van der Waals surface area contributed by atoms with E-state index in [1.54, 1.807) is 0 Å². The molecule has 0 amide bonds. The highest BCUT2D eigenvalue weighted by atomic mass is 16.5. The van der Waals surface area contributed by atoms with Gasteiger partial charge in [-0.1, -0.05) is 6.92 Å².